The van der Waals surface area contributed by atoms with Crippen LogP contribution in [-0.2, 0) is 10.0 Å². The first-order valence-electron chi connectivity index (χ1n) is 11.0. The molecule has 8 heteroatoms. The first-order chi connectivity index (χ1) is 16.0. The molecule has 4 aromatic rings. The van der Waals surface area contributed by atoms with Crippen LogP contribution in [0, 0.1) is 11.3 Å². The molecule has 7 nitrogen and oxygen atoms in total. The number of nitrogens with two attached hydrogens (primary N) is 1. The van der Waals surface area contributed by atoms with Gasteiger partial charge in [0.15, 0.2) is 0 Å². The lowest BCUT2D eigenvalue weighted by molar-refractivity contribution is 0.504. The summed E-state index contributed by atoms with van der Waals surface area (Å²) >= 11 is 0. The third kappa shape index (κ3) is 4.73. The maximum Gasteiger partial charge on any atom is 0.268 e. The number of fused-ring (bicyclic) bond motifs is 1. The summed E-state index contributed by atoms with van der Waals surface area (Å²) in [5, 5.41) is 10.0. The number of nitrogen functional groups attached to an aromatic ring is 1. The Labute approximate surface area is 193 Å². The minimum Gasteiger partial charge on any atom is -0.368 e. The van der Waals surface area contributed by atoms with Crippen LogP contribution in [0.4, 0.5) is 5.95 Å². The topological polar surface area (TPSA) is 115 Å². The monoisotopic (exact) mass is 459 g/mol. The van der Waals surface area contributed by atoms with E-state index in [0.29, 0.717) is 22.2 Å². The van der Waals surface area contributed by atoms with Crippen molar-refractivity contribution in [2.24, 2.45) is 0 Å². The molecule has 5 rings (SSSR count). The maximum atomic E-state index is 13.2. The first kappa shape index (κ1) is 22.5. The molecule has 1 aliphatic rings. The van der Waals surface area contributed by atoms with Crippen LogP contribution in [0.1, 0.15) is 44.1 Å². The second-order valence-electron chi connectivity index (χ2n) is 7.90. The zero-order valence-electron chi connectivity index (χ0n) is 18.2. The zero-order chi connectivity index (χ0) is 23.3. The first-order valence-corrected chi connectivity index (χ1v) is 12.4. The van der Waals surface area contributed by atoms with Crippen molar-refractivity contribution in [1.82, 2.24) is 13.9 Å². The van der Waals surface area contributed by atoms with Crippen molar-refractivity contribution in [2.45, 2.75) is 43.4 Å². The van der Waals surface area contributed by atoms with Crippen LogP contribution in [0.15, 0.2) is 71.9 Å². The van der Waals surface area contributed by atoms with Gasteiger partial charge in [-0.1, -0.05) is 74.9 Å². The van der Waals surface area contributed by atoms with Crippen LogP contribution in [0.5, 0.6) is 0 Å². The SMILES string of the molecule is C1CCCCC1.N#Cc1cnc(N)nc1-c1cn(S(=O)(=O)c2ccccc2)c2ccccc12. The van der Waals surface area contributed by atoms with Crippen LogP contribution in [0.25, 0.3) is 22.2 Å². The van der Waals surface area contributed by atoms with Crippen molar-refractivity contribution in [3.8, 4) is 17.3 Å². The zero-order valence-corrected chi connectivity index (χ0v) is 19.0. The molecule has 2 heterocycles. The Bertz CT molecular complexity index is 1390. The van der Waals surface area contributed by atoms with Gasteiger partial charge in [0.25, 0.3) is 10.0 Å². The standard InChI is InChI=1S/C19H13N5O2S.C6H12/c20-10-13-11-22-19(21)23-18(13)16-12-24(17-9-5-4-8-15(16)17)27(25,26)14-6-2-1-3-7-14;1-2-4-6-5-3-1/h1-9,11-12H,(H2,21,22,23);1-6H2. The summed E-state index contributed by atoms with van der Waals surface area (Å²) in [6, 6.07) is 17.2. The van der Waals surface area contributed by atoms with E-state index in [4.69, 9.17) is 5.73 Å². The van der Waals surface area contributed by atoms with Crippen molar-refractivity contribution in [2.75, 3.05) is 5.73 Å². The number of nitriles is 1. The summed E-state index contributed by atoms with van der Waals surface area (Å²) in [6.07, 6.45) is 11.8. The summed E-state index contributed by atoms with van der Waals surface area (Å²) < 4.78 is 27.5. The van der Waals surface area contributed by atoms with Crippen LogP contribution >= 0.6 is 0 Å². The highest BCUT2D eigenvalue weighted by Crippen LogP contribution is 2.33. The Hall–Kier alpha value is -3.70. The molecule has 0 radical (unpaired) electrons. The van der Waals surface area contributed by atoms with E-state index in [0.717, 1.165) is 0 Å². The molecule has 2 N–H and O–H groups in total. The van der Waals surface area contributed by atoms with E-state index < -0.39 is 10.0 Å². The highest BCUT2D eigenvalue weighted by molar-refractivity contribution is 7.90. The Kier molecular flexibility index (Phi) is 6.71. The average Bonchev–Trinajstić information content (AvgIpc) is 3.26. The summed E-state index contributed by atoms with van der Waals surface area (Å²) in [4.78, 5) is 8.17. The number of benzene rings is 2. The minimum absolute atomic E-state index is 0.00625. The molecule has 0 aliphatic heterocycles. The second-order valence-corrected chi connectivity index (χ2v) is 9.71. The van der Waals surface area contributed by atoms with E-state index in [1.54, 1.807) is 42.5 Å². The van der Waals surface area contributed by atoms with Gasteiger partial charge in [-0.3, -0.25) is 0 Å². The fourth-order valence-electron chi connectivity index (χ4n) is 3.99. The number of rotatable bonds is 3. The number of hydrogen-bond acceptors (Lipinski definition) is 6. The third-order valence-corrected chi connectivity index (χ3v) is 7.35. The number of anilines is 1. The Balaban J connectivity index is 0.000000376. The number of para-hydroxylation sites is 1. The van der Waals surface area contributed by atoms with Crippen molar-refractivity contribution in [1.29, 1.82) is 5.26 Å². The van der Waals surface area contributed by atoms with Crippen LogP contribution < -0.4 is 5.73 Å². The van der Waals surface area contributed by atoms with Gasteiger partial charge in [-0.25, -0.2) is 22.4 Å². The van der Waals surface area contributed by atoms with E-state index in [1.165, 1.54) is 67.0 Å². The molecular weight excluding hydrogens is 434 g/mol. The van der Waals surface area contributed by atoms with E-state index in [-0.39, 0.29) is 16.4 Å². The molecular formula is C25H25N5O2S. The predicted octanol–water partition coefficient (Wildman–Crippen LogP) is 5.13. The van der Waals surface area contributed by atoms with Crippen molar-refractivity contribution >= 4 is 26.9 Å². The lowest BCUT2D eigenvalue weighted by Gasteiger charge is -2.07. The number of hydrogen-bond donors (Lipinski definition) is 1. The van der Waals surface area contributed by atoms with Gasteiger partial charge >= 0.3 is 0 Å². The van der Waals surface area contributed by atoms with Gasteiger partial charge in [-0.15, -0.1) is 0 Å². The second kappa shape index (κ2) is 9.84. The highest BCUT2D eigenvalue weighted by Gasteiger charge is 2.23. The lowest BCUT2D eigenvalue weighted by atomic mass is 10.0. The molecule has 0 atom stereocenters. The molecule has 0 unspecified atom stereocenters. The van der Waals surface area contributed by atoms with Gasteiger partial charge in [0, 0.05) is 17.1 Å². The summed E-state index contributed by atoms with van der Waals surface area (Å²) in [6.45, 7) is 0. The number of nitrogens with zero attached hydrogens (tertiary/aromatic N) is 4. The van der Waals surface area contributed by atoms with Gasteiger partial charge in [-0.2, -0.15) is 5.26 Å². The largest absolute Gasteiger partial charge is 0.368 e. The van der Waals surface area contributed by atoms with E-state index in [9.17, 15) is 13.7 Å². The van der Waals surface area contributed by atoms with Crippen molar-refractivity contribution in [3.05, 3.63) is 72.6 Å². The lowest BCUT2D eigenvalue weighted by Crippen LogP contribution is -2.11. The molecule has 0 amide bonds. The van der Waals surface area contributed by atoms with Gasteiger partial charge < -0.3 is 5.73 Å². The number of aromatic nitrogens is 3. The molecule has 168 valence electrons. The van der Waals surface area contributed by atoms with E-state index in [1.807, 2.05) is 6.07 Å². The average molecular weight is 460 g/mol. The summed E-state index contributed by atoms with van der Waals surface area (Å²) in [5.41, 5.74) is 7.18. The van der Waals surface area contributed by atoms with E-state index >= 15 is 0 Å². The van der Waals surface area contributed by atoms with Gasteiger partial charge in [-0.05, 0) is 18.2 Å². The molecule has 2 aromatic heterocycles. The Morgan fingerprint density at radius 2 is 1.52 bits per heavy atom. The maximum absolute atomic E-state index is 13.2. The smallest absolute Gasteiger partial charge is 0.268 e. The Morgan fingerprint density at radius 3 is 2.15 bits per heavy atom. The summed E-state index contributed by atoms with van der Waals surface area (Å²) in [5.74, 6) is 0.00625. The molecule has 0 spiro atoms. The third-order valence-electron chi connectivity index (χ3n) is 5.66. The summed E-state index contributed by atoms with van der Waals surface area (Å²) in [7, 11) is -3.82. The van der Waals surface area contributed by atoms with E-state index in [2.05, 4.69) is 9.97 Å². The molecule has 0 saturated heterocycles. The quantitative estimate of drug-likeness (QED) is 0.454. The van der Waals surface area contributed by atoms with Crippen molar-refractivity contribution in [3.63, 3.8) is 0 Å². The molecule has 1 aliphatic carbocycles. The van der Waals surface area contributed by atoms with Crippen LogP contribution in [0.3, 0.4) is 0 Å². The van der Waals surface area contributed by atoms with Gasteiger partial charge in [0.2, 0.25) is 5.95 Å². The molecule has 2 aromatic carbocycles. The molecule has 0 bridgehead atoms. The fourth-order valence-corrected chi connectivity index (χ4v) is 5.38. The van der Waals surface area contributed by atoms with Gasteiger partial charge in [0.1, 0.15) is 6.07 Å². The predicted molar refractivity (Wildman–Crippen MR) is 129 cm³/mol. The Morgan fingerprint density at radius 1 is 0.909 bits per heavy atom. The normalized spacial score (nSPS) is 13.7. The van der Waals surface area contributed by atoms with Crippen LogP contribution in [-0.4, -0.2) is 22.4 Å². The van der Waals surface area contributed by atoms with Crippen molar-refractivity contribution < 1.29 is 8.42 Å². The minimum atomic E-state index is -3.82. The van der Waals surface area contributed by atoms with Gasteiger partial charge in [0.05, 0.1) is 27.9 Å². The molecule has 1 fully saturated rings. The molecule has 1 saturated carbocycles. The molecule has 33 heavy (non-hydrogen) atoms. The fraction of sp³-hybridized carbons (Fsp3) is 0.240. The van der Waals surface area contributed by atoms with Crippen LogP contribution in [0.2, 0.25) is 0 Å². The highest BCUT2D eigenvalue weighted by atomic mass is 32.2.